The van der Waals surface area contributed by atoms with Crippen molar-refractivity contribution in [1.82, 2.24) is 5.01 Å². The lowest BCUT2D eigenvalue weighted by Crippen LogP contribution is -2.28. The summed E-state index contributed by atoms with van der Waals surface area (Å²) in [4.78, 5) is 12.2. The Morgan fingerprint density at radius 1 is 1.09 bits per heavy atom. The van der Waals surface area contributed by atoms with Crippen LogP contribution in [0.3, 0.4) is 0 Å². The lowest BCUT2D eigenvalue weighted by molar-refractivity contribution is 0.219. The molecule has 1 N–H and O–H groups in total. The highest BCUT2D eigenvalue weighted by atomic mass is 35.5. The van der Waals surface area contributed by atoms with Gasteiger partial charge in [-0.3, -0.25) is 0 Å². The molecule has 0 bridgehead atoms. The molecule has 1 aliphatic rings. The Balaban J connectivity index is 1.71. The van der Waals surface area contributed by atoms with Gasteiger partial charge in [0.25, 0.3) is 0 Å². The number of hydrogen-bond acceptors (Lipinski definition) is 2. The van der Waals surface area contributed by atoms with Crippen molar-refractivity contribution in [2.75, 3.05) is 11.9 Å². The Hall–Kier alpha value is -2.04. The molecule has 6 heteroatoms. The lowest BCUT2D eigenvalue weighted by Gasteiger charge is -2.13. The number of nitrogens with one attached hydrogen (secondary N) is 1. The number of urea groups is 1. The van der Waals surface area contributed by atoms with Gasteiger partial charge < -0.3 is 5.32 Å². The third-order valence-electron chi connectivity index (χ3n) is 3.31. The van der Waals surface area contributed by atoms with Gasteiger partial charge in [-0.15, -0.1) is 0 Å². The summed E-state index contributed by atoms with van der Waals surface area (Å²) in [6.07, 6.45) is 0.735. The number of halogens is 2. The fourth-order valence-corrected chi connectivity index (χ4v) is 2.50. The molecule has 1 aliphatic heterocycles. The maximum Gasteiger partial charge on any atom is 0.342 e. The zero-order valence-corrected chi connectivity index (χ0v) is 13.1. The molecule has 0 atom stereocenters. The highest BCUT2D eigenvalue weighted by Gasteiger charge is 2.21. The molecule has 0 aliphatic carbocycles. The van der Waals surface area contributed by atoms with Crippen LogP contribution in [0.1, 0.15) is 12.0 Å². The van der Waals surface area contributed by atoms with Crippen LogP contribution in [0, 0.1) is 0 Å². The molecule has 3 rings (SSSR count). The molecule has 4 nitrogen and oxygen atoms in total. The van der Waals surface area contributed by atoms with Crippen molar-refractivity contribution < 1.29 is 4.79 Å². The van der Waals surface area contributed by atoms with Crippen molar-refractivity contribution in [3.8, 4) is 0 Å². The average molecular weight is 334 g/mol. The molecule has 0 aromatic heterocycles. The Morgan fingerprint density at radius 2 is 1.86 bits per heavy atom. The van der Waals surface area contributed by atoms with Crippen LogP contribution in [0.25, 0.3) is 0 Å². The summed E-state index contributed by atoms with van der Waals surface area (Å²) in [6.45, 7) is 0.553. The van der Waals surface area contributed by atoms with Crippen molar-refractivity contribution >= 4 is 40.6 Å². The molecular formula is C16H13Cl2N3O. The van der Waals surface area contributed by atoms with Crippen LogP contribution in [0.4, 0.5) is 10.5 Å². The second kappa shape index (κ2) is 6.38. The predicted molar refractivity (Wildman–Crippen MR) is 89.8 cm³/mol. The van der Waals surface area contributed by atoms with Gasteiger partial charge in [-0.2, -0.15) is 5.10 Å². The number of carbonyl (C=O) groups excluding carboxylic acids is 1. The first-order valence-corrected chi connectivity index (χ1v) is 7.55. The first-order valence-electron chi connectivity index (χ1n) is 6.80. The maximum atomic E-state index is 12.2. The fourth-order valence-electron chi connectivity index (χ4n) is 2.20. The molecule has 112 valence electrons. The quantitative estimate of drug-likeness (QED) is 0.855. The van der Waals surface area contributed by atoms with Gasteiger partial charge in [-0.05, 0) is 23.8 Å². The molecule has 2 amide bonds. The zero-order chi connectivity index (χ0) is 15.5. The van der Waals surface area contributed by atoms with Gasteiger partial charge >= 0.3 is 6.03 Å². The van der Waals surface area contributed by atoms with E-state index in [1.807, 2.05) is 30.3 Å². The number of rotatable bonds is 2. The number of nitrogens with zero attached hydrogens (tertiary/aromatic N) is 2. The molecule has 0 radical (unpaired) electrons. The summed E-state index contributed by atoms with van der Waals surface area (Å²) in [5, 5.41) is 9.40. The van der Waals surface area contributed by atoms with Crippen LogP contribution >= 0.6 is 23.2 Å². The molecule has 0 saturated carbocycles. The molecule has 0 unspecified atom stereocenters. The predicted octanol–water partition coefficient (Wildman–Crippen LogP) is 4.64. The van der Waals surface area contributed by atoms with Gasteiger partial charge in [0.1, 0.15) is 0 Å². The van der Waals surface area contributed by atoms with E-state index in [1.165, 1.54) is 5.01 Å². The molecular weight excluding hydrogens is 321 g/mol. The van der Waals surface area contributed by atoms with E-state index in [1.54, 1.807) is 18.2 Å². The van der Waals surface area contributed by atoms with Crippen molar-refractivity contribution in [2.45, 2.75) is 6.42 Å². The van der Waals surface area contributed by atoms with Gasteiger partial charge in [0.15, 0.2) is 0 Å². The van der Waals surface area contributed by atoms with Crippen molar-refractivity contribution in [3.63, 3.8) is 0 Å². The minimum absolute atomic E-state index is 0.288. The monoisotopic (exact) mass is 333 g/mol. The Morgan fingerprint density at radius 3 is 2.59 bits per heavy atom. The van der Waals surface area contributed by atoms with E-state index >= 15 is 0 Å². The largest absolute Gasteiger partial charge is 0.342 e. The van der Waals surface area contributed by atoms with Gasteiger partial charge in [0.05, 0.1) is 22.3 Å². The second-order valence-electron chi connectivity index (χ2n) is 4.84. The van der Waals surface area contributed by atoms with Gasteiger partial charge in [-0.1, -0.05) is 53.5 Å². The minimum atomic E-state index is -0.288. The fraction of sp³-hybridized carbons (Fsp3) is 0.125. The van der Waals surface area contributed by atoms with Crippen LogP contribution in [0.15, 0.2) is 53.6 Å². The Labute approximate surface area is 138 Å². The van der Waals surface area contributed by atoms with Crippen LogP contribution in [0.2, 0.25) is 10.0 Å². The van der Waals surface area contributed by atoms with E-state index in [4.69, 9.17) is 23.2 Å². The van der Waals surface area contributed by atoms with E-state index in [2.05, 4.69) is 10.4 Å². The smallest absolute Gasteiger partial charge is 0.306 e. The van der Waals surface area contributed by atoms with Crippen molar-refractivity contribution in [2.24, 2.45) is 5.10 Å². The number of hydrazone groups is 1. The topological polar surface area (TPSA) is 44.7 Å². The molecule has 0 spiro atoms. The summed E-state index contributed by atoms with van der Waals surface area (Å²) in [5.41, 5.74) is 2.53. The number of hydrogen-bond donors (Lipinski definition) is 1. The Bertz CT molecular complexity index is 731. The molecule has 0 fully saturated rings. The first kappa shape index (κ1) is 14.9. The summed E-state index contributed by atoms with van der Waals surface area (Å²) < 4.78 is 0. The van der Waals surface area contributed by atoms with E-state index in [-0.39, 0.29) is 6.03 Å². The molecule has 0 saturated heterocycles. The van der Waals surface area contributed by atoms with Crippen LogP contribution < -0.4 is 5.32 Å². The zero-order valence-electron chi connectivity index (χ0n) is 11.6. The van der Waals surface area contributed by atoms with E-state index in [9.17, 15) is 4.79 Å². The van der Waals surface area contributed by atoms with E-state index < -0.39 is 0 Å². The summed E-state index contributed by atoms with van der Waals surface area (Å²) in [5.74, 6) is 0. The maximum absolute atomic E-state index is 12.2. The highest BCUT2D eigenvalue weighted by Crippen LogP contribution is 2.25. The second-order valence-corrected chi connectivity index (χ2v) is 5.66. The standard InChI is InChI=1S/C16H13Cl2N3O/c17-13-7-6-12(10-14(13)18)19-16(22)21-9-8-15(20-21)11-4-2-1-3-5-11/h1-7,10H,8-9H2,(H,19,22). The minimum Gasteiger partial charge on any atom is -0.306 e. The normalized spacial score (nSPS) is 13.9. The first-order chi connectivity index (χ1) is 10.6. The van der Waals surface area contributed by atoms with Crippen LogP contribution in [0.5, 0.6) is 0 Å². The van der Waals surface area contributed by atoms with E-state index in [0.717, 1.165) is 17.7 Å². The lowest BCUT2D eigenvalue weighted by atomic mass is 10.1. The summed E-state index contributed by atoms with van der Waals surface area (Å²) >= 11 is 11.8. The molecule has 22 heavy (non-hydrogen) atoms. The summed E-state index contributed by atoms with van der Waals surface area (Å²) in [6, 6.07) is 14.5. The number of benzene rings is 2. The number of carbonyl (C=O) groups is 1. The van der Waals surface area contributed by atoms with Crippen LogP contribution in [-0.4, -0.2) is 23.3 Å². The SMILES string of the molecule is O=C(Nc1ccc(Cl)c(Cl)c1)N1CCC(c2ccccc2)=N1. The Kier molecular flexibility index (Phi) is 4.32. The third-order valence-corrected chi connectivity index (χ3v) is 4.05. The molecule has 1 heterocycles. The van der Waals surface area contributed by atoms with Crippen LogP contribution in [-0.2, 0) is 0 Å². The van der Waals surface area contributed by atoms with E-state index in [0.29, 0.717) is 22.3 Å². The summed E-state index contributed by atoms with van der Waals surface area (Å²) in [7, 11) is 0. The molecule has 2 aromatic rings. The van der Waals surface area contributed by atoms with Crippen molar-refractivity contribution in [3.05, 3.63) is 64.1 Å². The van der Waals surface area contributed by atoms with Gasteiger partial charge in [0.2, 0.25) is 0 Å². The van der Waals surface area contributed by atoms with Gasteiger partial charge in [0, 0.05) is 12.1 Å². The average Bonchev–Trinajstić information content (AvgIpc) is 3.02. The third kappa shape index (κ3) is 3.24. The molecule has 2 aromatic carbocycles. The number of anilines is 1. The number of amides is 2. The highest BCUT2D eigenvalue weighted by molar-refractivity contribution is 6.42. The van der Waals surface area contributed by atoms with Gasteiger partial charge in [-0.25, -0.2) is 9.80 Å². The van der Waals surface area contributed by atoms with Crippen molar-refractivity contribution in [1.29, 1.82) is 0 Å².